The highest BCUT2D eigenvalue weighted by Gasteiger charge is 2.10. The van der Waals surface area contributed by atoms with Gasteiger partial charge in [0.1, 0.15) is 6.61 Å². The Labute approximate surface area is 200 Å². The minimum absolute atomic E-state index is 0.189. The van der Waals surface area contributed by atoms with Crippen LogP contribution in [0.1, 0.15) is 11.1 Å². The summed E-state index contributed by atoms with van der Waals surface area (Å²) in [6, 6.07) is 15.4. The van der Waals surface area contributed by atoms with Crippen LogP contribution in [-0.2, 0) is 11.4 Å². The molecular weight excluding hydrogens is 480 g/mol. The van der Waals surface area contributed by atoms with Gasteiger partial charge < -0.3 is 14.8 Å². The lowest BCUT2D eigenvalue weighted by Gasteiger charge is -2.13. The molecular formula is C23H17Cl4NO3. The Morgan fingerprint density at radius 1 is 0.935 bits per heavy atom. The normalized spacial score (nSPS) is 10.9. The van der Waals surface area contributed by atoms with Gasteiger partial charge in [0, 0.05) is 26.7 Å². The van der Waals surface area contributed by atoms with E-state index in [4.69, 9.17) is 55.9 Å². The van der Waals surface area contributed by atoms with Crippen LogP contribution in [0, 0.1) is 0 Å². The van der Waals surface area contributed by atoms with Crippen molar-refractivity contribution in [3.05, 3.63) is 91.9 Å². The van der Waals surface area contributed by atoms with Crippen LogP contribution in [0.5, 0.6) is 11.5 Å². The van der Waals surface area contributed by atoms with E-state index < -0.39 is 0 Å². The monoisotopic (exact) mass is 495 g/mol. The minimum Gasteiger partial charge on any atom is -0.493 e. The molecule has 8 heteroatoms. The summed E-state index contributed by atoms with van der Waals surface area (Å²) in [7, 11) is 1.54. The Bertz CT molecular complexity index is 1110. The lowest BCUT2D eigenvalue weighted by atomic mass is 10.2. The van der Waals surface area contributed by atoms with E-state index in [0.29, 0.717) is 42.8 Å². The summed E-state index contributed by atoms with van der Waals surface area (Å²) in [5.41, 5.74) is 1.91. The molecule has 0 aliphatic rings. The molecule has 0 atom stereocenters. The molecule has 0 heterocycles. The van der Waals surface area contributed by atoms with E-state index in [1.165, 1.54) is 13.2 Å². The SMILES string of the molecule is COc1cc(C=CC(=O)Nc2ccc(Cl)cc2Cl)ccc1OCc1c(Cl)cccc1Cl. The van der Waals surface area contributed by atoms with Crippen LogP contribution in [-0.4, -0.2) is 13.0 Å². The van der Waals surface area contributed by atoms with Gasteiger partial charge in [0.05, 0.1) is 17.8 Å². The van der Waals surface area contributed by atoms with Crippen molar-refractivity contribution in [1.82, 2.24) is 0 Å². The summed E-state index contributed by atoms with van der Waals surface area (Å²) in [5.74, 6) is 0.691. The van der Waals surface area contributed by atoms with Crippen molar-refractivity contribution in [2.24, 2.45) is 0 Å². The number of anilines is 1. The van der Waals surface area contributed by atoms with Gasteiger partial charge >= 0.3 is 0 Å². The molecule has 3 rings (SSSR count). The molecule has 0 spiro atoms. The van der Waals surface area contributed by atoms with E-state index in [0.717, 1.165) is 5.56 Å². The number of nitrogens with one attached hydrogen (secondary N) is 1. The quantitative estimate of drug-likeness (QED) is 0.343. The molecule has 3 aromatic carbocycles. The number of hydrogen-bond donors (Lipinski definition) is 1. The number of ether oxygens (including phenoxy) is 2. The van der Waals surface area contributed by atoms with Crippen LogP contribution in [0.2, 0.25) is 20.1 Å². The maximum absolute atomic E-state index is 12.2. The Balaban J connectivity index is 1.68. The number of carbonyl (C=O) groups excluding carboxylic acids is 1. The largest absolute Gasteiger partial charge is 0.493 e. The van der Waals surface area contributed by atoms with E-state index in [2.05, 4.69) is 5.32 Å². The Hall–Kier alpha value is -2.37. The predicted molar refractivity (Wildman–Crippen MR) is 128 cm³/mol. The molecule has 0 aliphatic heterocycles. The molecule has 0 aromatic heterocycles. The molecule has 160 valence electrons. The third-order valence-electron chi connectivity index (χ3n) is 4.24. The van der Waals surface area contributed by atoms with Crippen molar-refractivity contribution in [3.8, 4) is 11.5 Å². The first kappa shape index (κ1) is 23.3. The average molecular weight is 497 g/mol. The number of hydrogen-bond acceptors (Lipinski definition) is 3. The number of benzene rings is 3. The van der Waals surface area contributed by atoms with Crippen molar-refractivity contribution in [1.29, 1.82) is 0 Å². The van der Waals surface area contributed by atoms with Gasteiger partial charge in [0.15, 0.2) is 11.5 Å². The van der Waals surface area contributed by atoms with Crippen LogP contribution >= 0.6 is 46.4 Å². The van der Waals surface area contributed by atoms with Gasteiger partial charge in [-0.3, -0.25) is 4.79 Å². The molecule has 0 saturated carbocycles. The number of halogens is 4. The molecule has 0 fully saturated rings. The zero-order valence-corrected chi connectivity index (χ0v) is 19.3. The van der Waals surface area contributed by atoms with Gasteiger partial charge in [0.25, 0.3) is 0 Å². The zero-order chi connectivity index (χ0) is 22.4. The topological polar surface area (TPSA) is 47.6 Å². The second-order valence-corrected chi connectivity index (χ2v) is 8.00. The van der Waals surface area contributed by atoms with Crippen LogP contribution in [0.25, 0.3) is 6.08 Å². The van der Waals surface area contributed by atoms with Gasteiger partial charge in [-0.1, -0.05) is 58.5 Å². The van der Waals surface area contributed by atoms with E-state index >= 15 is 0 Å². The maximum atomic E-state index is 12.2. The standard InChI is InChI=1S/C23H17Cl4NO3/c1-30-22-11-14(6-10-23(29)28-20-8-7-15(24)12-19(20)27)5-9-21(22)31-13-16-17(25)3-2-4-18(16)26/h2-12H,13H2,1H3,(H,28,29). The third-order valence-corrected chi connectivity index (χ3v) is 5.49. The molecule has 1 amide bonds. The maximum Gasteiger partial charge on any atom is 0.248 e. The van der Waals surface area contributed by atoms with E-state index in [9.17, 15) is 4.79 Å². The molecule has 0 unspecified atom stereocenters. The molecule has 0 saturated heterocycles. The molecule has 0 bridgehead atoms. The minimum atomic E-state index is -0.336. The van der Waals surface area contributed by atoms with Crippen molar-refractivity contribution in [3.63, 3.8) is 0 Å². The number of amides is 1. The van der Waals surface area contributed by atoms with E-state index in [-0.39, 0.29) is 12.5 Å². The van der Waals surface area contributed by atoms with Gasteiger partial charge in [-0.25, -0.2) is 0 Å². The fraction of sp³-hybridized carbons (Fsp3) is 0.0870. The highest BCUT2D eigenvalue weighted by atomic mass is 35.5. The number of methoxy groups -OCH3 is 1. The second-order valence-electron chi connectivity index (χ2n) is 6.35. The summed E-state index contributed by atoms with van der Waals surface area (Å²) >= 11 is 24.3. The van der Waals surface area contributed by atoms with Gasteiger partial charge in [-0.2, -0.15) is 0 Å². The lowest BCUT2D eigenvalue weighted by Crippen LogP contribution is -2.08. The number of rotatable bonds is 7. The molecule has 31 heavy (non-hydrogen) atoms. The van der Waals surface area contributed by atoms with E-state index in [1.54, 1.807) is 60.7 Å². The Kier molecular flexibility index (Phi) is 8.10. The average Bonchev–Trinajstić information content (AvgIpc) is 2.74. The Morgan fingerprint density at radius 3 is 2.35 bits per heavy atom. The summed E-state index contributed by atoms with van der Waals surface area (Å²) in [5, 5.41) is 4.60. The second kappa shape index (κ2) is 10.8. The molecule has 0 aliphatic carbocycles. The molecule has 4 nitrogen and oxygen atoms in total. The predicted octanol–water partition coefficient (Wildman–Crippen LogP) is 7.54. The fourth-order valence-electron chi connectivity index (χ4n) is 2.66. The molecule has 1 N–H and O–H groups in total. The fourth-order valence-corrected chi connectivity index (χ4v) is 3.63. The summed E-state index contributed by atoms with van der Waals surface area (Å²) in [6.07, 6.45) is 3.04. The Morgan fingerprint density at radius 2 is 1.68 bits per heavy atom. The molecule has 3 aromatic rings. The van der Waals surface area contributed by atoms with Crippen molar-refractivity contribution >= 4 is 64.1 Å². The molecule has 0 radical (unpaired) electrons. The summed E-state index contributed by atoms with van der Waals surface area (Å²) in [4.78, 5) is 12.2. The van der Waals surface area contributed by atoms with Crippen molar-refractivity contribution in [2.75, 3.05) is 12.4 Å². The van der Waals surface area contributed by atoms with Gasteiger partial charge in [-0.05, 0) is 54.1 Å². The zero-order valence-electron chi connectivity index (χ0n) is 16.3. The highest BCUT2D eigenvalue weighted by Crippen LogP contribution is 2.32. The van der Waals surface area contributed by atoms with Crippen LogP contribution in [0.3, 0.4) is 0 Å². The van der Waals surface area contributed by atoms with Crippen LogP contribution < -0.4 is 14.8 Å². The van der Waals surface area contributed by atoms with Crippen molar-refractivity contribution < 1.29 is 14.3 Å². The first-order chi connectivity index (χ1) is 14.9. The third kappa shape index (κ3) is 6.31. The highest BCUT2D eigenvalue weighted by molar-refractivity contribution is 6.37. The van der Waals surface area contributed by atoms with Crippen molar-refractivity contribution in [2.45, 2.75) is 6.61 Å². The lowest BCUT2D eigenvalue weighted by molar-refractivity contribution is -0.111. The summed E-state index contributed by atoms with van der Waals surface area (Å²) in [6.45, 7) is 0.189. The van der Waals surface area contributed by atoms with Crippen LogP contribution in [0.15, 0.2) is 60.7 Å². The first-order valence-corrected chi connectivity index (χ1v) is 10.6. The first-order valence-electron chi connectivity index (χ1n) is 9.05. The van der Waals surface area contributed by atoms with E-state index in [1.807, 2.05) is 0 Å². The summed E-state index contributed by atoms with van der Waals surface area (Å²) < 4.78 is 11.2. The smallest absolute Gasteiger partial charge is 0.248 e. The van der Waals surface area contributed by atoms with Gasteiger partial charge in [-0.15, -0.1) is 0 Å². The van der Waals surface area contributed by atoms with Crippen LogP contribution in [0.4, 0.5) is 5.69 Å². The van der Waals surface area contributed by atoms with Gasteiger partial charge in [0.2, 0.25) is 5.91 Å². The number of carbonyl (C=O) groups is 1.